The lowest BCUT2D eigenvalue weighted by Crippen LogP contribution is -2.32. The van der Waals surface area contributed by atoms with Crippen molar-refractivity contribution in [1.82, 2.24) is 5.32 Å². The normalized spacial score (nSPS) is 11.9. The van der Waals surface area contributed by atoms with Crippen LogP contribution in [0.25, 0.3) is 0 Å². The van der Waals surface area contributed by atoms with E-state index < -0.39 is 12.0 Å². The van der Waals surface area contributed by atoms with Crippen LogP contribution in [0, 0.1) is 0 Å². The van der Waals surface area contributed by atoms with Gasteiger partial charge in [0.2, 0.25) is 5.91 Å². The lowest BCUT2D eigenvalue weighted by Gasteiger charge is -2.08. The highest BCUT2D eigenvalue weighted by atomic mass is 35.5. The number of carboxylic acids is 1. The Bertz CT molecular complexity index is 451. The maximum Gasteiger partial charge on any atom is 0.320 e. The van der Waals surface area contributed by atoms with E-state index in [1.54, 1.807) is 18.2 Å². The molecule has 1 aromatic rings. The zero-order valence-electron chi connectivity index (χ0n) is 10.4. The Morgan fingerprint density at radius 2 is 2.05 bits per heavy atom. The van der Waals surface area contributed by atoms with E-state index in [4.69, 9.17) is 22.4 Å². The number of amides is 1. The van der Waals surface area contributed by atoms with E-state index in [-0.39, 0.29) is 12.3 Å². The average Bonchev–Trinajstić information content (AvgIpc) is 2.37. The van der Waals surface area contributed by atoms with E-state index >= 15 is 0 Å². The number of aliphatic carboxylic acids is 1. The number of carboxylic acid groups (broad SMARTS) is 1. The smallest absolute Gasteiger partial charge is 0.320 e. The summed E-state index contributed by atoms with van der Waals surface area (Å²) < 4.78 is 0. The second-order valence-corrected chi connectivity index (χ2v) is 4.61. The molecule has 6 heteroatoms. The molecule has 0 fully saturated rings. The Kier molecular flexibility index (Phi) is 6.32. The third-order valence-electron chi connectivity index (χ3n) is 2.64. The van der Waals surface area contributed by atoms with Crippen molar-refractivity contribution in [2.45, 2.75) is 25.3 Å². The monoisotopic (exact) mass is 284 g/mol. The summed E-state index contributed by atoms with van der Waals surface area (Å²) in [5.41, 5.74) is 6.11. The number of hydrogen-bond acceptors (Lipinski definition) is 3. The maximum absolute atomic E-state index is 11.6. The van der Waals surface area contributed by atoms with Gasteiger partial charge in [-0.15, -0.1) is 0 Å². The Hall–Kier alpha value is -1.59. The molecule has 0 aliphatic heterocycles. The van der Waals surface area contributed by atoms with Crippen LogP contribution in [0.2, 0.25) is 5.02 Å². The van der Waals surface area contributed by atoms with E-state index in [9.17, 15) is 9.59 Å². The van der Waals surface area contributed by atoms with Crippen molar-refractivity contribution < 1.29 is 14.7 Å². The molecule has 0 heterocycles. The zero-order chi connectivity index (χ0) is 14.3. The van der Waals surface area contributed by atoms with Crippen LogP contribution >= 0.6 is 11.6 Å². The molecule has 0 spiro atoms. The molecule has 0 radical (unpaired) electrons. The standard InChI is InChI=1S/C13H17ClN2O3/c14-10-5-2-1-4-9(10)8-12(17)16-7-3-6-11(15)13(18)19/h1-2,4-5,11H,3,6-8,15H2,(H,16,17)(H,18,19)/t11-/m0/s1. The first-order valence-electron chi connectivity index (χ1n) is 5.99. The van der Waals surface area contributed by atoms with Gasteiger partial charge in [0.15, 0.2) is 0 Å². The number of carbonyl (C=O) groups is 2. The van der Waals surface area contributed by atoms with Crippen LogP contribution in [0.1, 0.15) is 18.4 Å². The predicted octanol–water partition coefficient (Wildman–Crippen LogP) is 1.19. The highest BCUT2D eigenvalue weighted by Gasteiger charge is 2.11. The minimum absolute atomic E-state index is 0.142. The molecule has 1 rings (SSSR count). The second kappa shape index (κ2) is 7.76. The van der Waals surface area contributed by atoms with E-state index in [2.05, 4.69) is 5.32 Å². The minimum Gasteiger partial charge on any atom is -0.480 e. The van der Waals surface area contributed by atoms with Crippen molar-refractivity contribution in [1.29, 1.82) is 0 Å². The molecule has 104 valence electrons. The van der Waals surface area contributed by atoms with Gasteiger partial charge in [-0.3, -0.25) is 9.59 Å². The molecule has 5 nitrogen and oxygen atoms in total. The topological polar surface area (TPSA) is 92.4 Å². The fourth-order valence-corrected chi connectivity index (χ4v) is 1.75. The average molecular weight is 285 g/mol. The molecule has 1 atom stereocenters. The minimum atomic E-state index is -1.03. The Balaban J connectivity index is 2.26. The number of hydrogen-bond donors (Lipinski definition) is 3. The molecule has 0 saturated carbocycles. The Labute approximate surface area is 116 Å². The first kappa shape index (κ1) is 15.5. The van der Waals surface area contributed by atoms with Crippen molar-refractivity contribution in [3.63, 3.8) is 0 Å². The van der Waals surface area contributed by atoms with Crippen molar-refractivity contribution in [2.75, 3.05) is 6.54 Å². The summed E-state index contributed by atoms with van der Waals surface area (Å²) >= 11 is 5.94. The first-order valence-corrected chi connectivity index (χ1v) is 6.37. The number of nitrogens with two attached hydrogens (primary N) is 1. The summed E-state index contributed by atoms with van der Waals surface area (Å²) in [6, 6.07) is 6.27. The summed E-state index contributed by atoms with van der Waals surface area (Å²) in [5, 5.41) is 11.9. The van der Waals surface area contributed by atoms with Crippen LogP contribution in [0.5, 0.6) is 0 Å². The van der Waals surface area contributed by atoms with E-state index in [1.807, 2.05) is 6.07 Å². The Morgan fingerprint density at radius 1 is 1.37 bits per heavy atom. The SMILES string of the molecule is N[C@@H](CCCNC(=O)Cc1ccccc1Cl)C(=O)O. The van der Waals surface area contributed by atoms with E-state index in [1.165, 1.54) is 0 Å². The summed E-state index contributed by atoms with van der Waals surface area (Å²) in [4.78, 5) is 22.1. The van der Waals surface area contributed by atoms with Crippen LogP contribution in [0.4, 0.5) is 0 Å². The second-order valence-electron chi connectivity index (χ2n) is 4.21. The summed E-state index contributed by atoms with van der Waals surface area (Å²) in [5.74, 6) is -1.17. The molecule has 4 N–H and O–H groups in total. The number of nitrogens with one attached hydrogen (secondary N) is 1. The summed E-state index contributed by atoms with van der Waals surface area (Å²) in [7, 11) is 0. The van der Waals surface area contributed by atoms with Gasteiger partial charge in [-0.25, -0.2) is 0 Å². The lowest BCUT2D eigenvalue weighted by atomic mass is 10.1. The van der Waals surface area contributed by atoms with Gasteiger partial charge < -0.3 is 16.2 Å². The number of rotatable bonds is 7. The molecule has 0 unspecified atom stereocenters. The zero-order valence-corrected chi connectivity index (χ0v) is 11.2. The van der Waals surface area contributed by atoms with Gasteiger partial charge in [-0.2, -0.15) is 0 Å². The largest absolute Gasteiger partial charge is 0.480 e. The van der Waals surface area contributed by atoms with Gasteiger partial charge in [-0.05, 0) is 24.5 Å². The van der Waals surface area contributed by atoms with Crippen molar-refractivity contribution in [3.8, 4) is 0 Å². The third-order valence-corrected chi connectivity index (χ3v) is 3.01. The molecule has 0 bridgehead atoms. The summed E-state index contributed by atoms with van der Waals surface area (Å²) in [6.45, 7) is 0.407. The van der Waals surface area contributed by atoms with Crippen molar-refractivity contribution in [2.24, 2.45) is 5.73 Å². The fourth-order valence-electron chi connectivity index (χ4n) is 1.55. The van der Waals surface area contributed by atoms with Crippen LogP contribution in [0.15, 0.2) is 24.3 Å². The molecule has 1 aromatic carbocycles. The van der Waals surface area contributed by atoms with Crippen LogP contribution in [-0.4, -0.2) is 29.6 Å². The van der Waals surface area contributed by atoms with Crippen molar-refractivity contribution >= 4 is 23.5 Å². The highest BCUT2D eigenvalue weighted by molar-refractivity contribution is 6.31. The molecule has 0 aromatic heterocycles. The molecule has 0 saturated heterocycles. The lowest BCUT2D eigenvalue weighted by molar-refractivity contribution is -0.138. The molecule has 0 aliphatic rings. The van der Waals surface area contributed by atoms with Gasteiger partial charge in [-0.1, -0.05) is 29.8 Å². The van der Waals surface area contributed by atoms with Crippen LogP contribution in [-0.2, 0) is 16.0 Å². The molecule has 1 amide bonds. The van der Waals surface area contributed by atoms with E-state index in [0.29, 0.717) is 24.4 Å². The molecule has 19 heavy (non-hydrogen) atoms. The highest BCUT2D eigenvalue weighted by Crippen LogP contribution is 2.15. The van der Waals surface area contributed by atoms with Crippen molar-refractivity contribution in [3.05, 3.63) is 34.9 Å². The number of carbonyl (C=O) groups excluding carboxylic acids is 1. The van der Waals surface area contributed by atoms with Gasteiger partial charge >= 0.3 is 5.97 Å². The third kappa shape index (κ3) is 5.72. The molecular weight excluding hydrogens is 268 g/mol. The predicted molar refractivity (Wildman–Crippen MR) is 73.0 cm³/mol. The van der Waals surface area contributed by atoms with E-state index in [0.717, 1.165) is 5.56 Å². The molecule has 0 aliphatic carbocycles. The quantitative estimate of drug-likeness (QED) is 0.656. The van der Waals surface area contributed by atoms with Crippen LogP contribution in [0.3, 0.4) is 0 Å². The fraction of sp³-hybridized carbons (Fsp3) is 0.385. The maximum atomic E-state index is 11.6. The number of halogens is 1. The van der Waals surface area contributed by atoms with Gasteiger partial charge in [0.25, 0.3) is 0 Å². The van der Waals surface area contributed by atoms with Gasteiger partial charge in [0.1, 0.15) is 6.04 Å². The van der Waals surface area contributed by atoms with Gasteiger partial charge in [0, 0.05) is 11.6 Å². The van der Waals surface area contributed by atoms with Crippen LogP contribution < -0.4 is 11.1 Å². The molecular formula is C13H17ClN2O3. The van der Waals surface area contributed by atoms with Gasteiger partial charge in [0.05, 0.1) is 6.42 Å². The first-order chi connectivity index (χ1) is 9.00. The Morgan fingerprint density at radius 3 is 2.68 bits per heavy atom. The number of benzene rings is 1. The summed E-state index contributed by atoms with van der Waals surface area (Å²) in [6.07, 6.45) is 1.08.